The molecule has 0 unspecified atom stereocenters. The van der Waals surface area contributed by atoms with Gasteiger partial charge >= 0.3 is 0 Å². The molecule has 0 aliphatic carbocycles. The lowest BCUT2D eigenvalue weighted by Crippen LogP contribution is -2.37. The second kappa shape index (κ2) is 7.44. The maximum atomic E-state index is 5.93. The Kier molecular flexibility index (Phi) is 4.88. The lowest BCUT2D eigenvalue weighted by molar-refractivity contribution is -0.0327. The van der Waals surface area contributed by atoms with Gasteiger partial charge in [0.05, 0.1) is 12.7 Å². The molecule has 1 aliphatic heterocycles. The summed E-state index contributed by atoms with van der Waals surface area (Å²) in [5.74, 6) is 0. The zero-order valence-electron chi connectivity index (χ0n) is 14.3. The molecule has 2 aromatic heterocycles. The summed E-state index contributed by atoms with van der Waals surface area (Å²) >= 11 is 1.78. The Morgan fingerprint density at radius 3 is 2.96 bits per heavy atom. The molecule has 4 rings (SSSR count). The number of morpholine rings is 1. The molecule has 0 bridgehead atoms. The first-order valence-electron chi connectivity index (χ1n) is 8.54. The van der Waals surface area contributed by atoms with Crippen LogP contribution in [-0.2, 0) is 11.3 Å². The molecular formula is C20H21N3OS. The average molecular weight is 351 g/mol. The van der Waals surface area contributed by atoms with E-state index in [9.17, 15) is 0 Å². The molecule has 1 aromatic carbocycles. The summed E-state index contributed by atoms with van der Waals surface area (Å²) in [7, 11) is 0. The Hall–Kier alpha value is -2.08. The van der Waals surface area contributed by atoms with Crippen LogP contribution in [0.25, 0.3) is 10.6 Å². The number of hydrogen-bond donors (Lipinski definition) is 0. The van der Waals surface area contributed by atoms with E-state index in [-0.39, 0.29) is 6.10 Å². The van der Waals surface area contributed by atoms with Crippen molar-refractivity contribution in [3.8, 4) is 10.6 Å². The summed E-state index contributed by atoms with van der Waals surface area (Å²) < 4.78 is 5.93. The van der Waals surface area contributed by atoms with Crippen LogP contribution in [0.2, 0.25) is 0 Å². The smallest absolute Gasteiger partial charge is 0.123 e. The number of rotatable bonds is 4. The molecule has 1 saturated heterocycles. The van der Waals surface area contributed by atoms with E-state index >= 15 is 0 Å². The molecule has 1 aliphatic rings. The van der Waals surface area contributed by atoms with Gasteiger partial charge in [0.15, 0.2) is 0 Å². The van der Waals surface area contributed by atoms with Gasteiger partial charge < -0.3 is 4.74 Å². The topological polar surface area (TPSA) is 38.2 Å². The first kappa shape index (κ1) is 16.4. The van der Waals surface area contributed by atoms with E-state index in [0.29, 0.717) is 0 Å². The number of thiazole rings is 1. The Balaban J connectivity index is 1.45. The lowest BCUT2D eigenvalue weighted by atomic mass is 10.1. The van der Waals surface area contributed by atoms with Gasteiger partial charge in [0.2, 0.25) is 0 Å². The molecule has 0 N–H and O–H groups in total. The van der Waals surface area contributed by atoms with Crippen LogP contribution in [0.3, 0.4) is 0 Å². The highest BCUT2D eigenvalue weighted by atomic mass is 32.1. The first-order valence-corrected chi connectivity index (χ1v) is 9.36. The molecule has 0 radical (unpaired) electrons. The largest absolute Gasteiger partial charge is 0.371 e. The van der Waals surface area contributed by atoms with E-state index in [1.165, 1.54) is 16.0 Å². The van der Waals surface area contributed by atoms with Crippen molar-refractivity contribution in [2.45, 2.75) is 19.6 Å². The summed E-state index contributed by atoms with van der Waals surface area (Å²) in [6.45, 7) is 5.65. The minimum Gasteiger partial charge on any atom is -0.371 e. The van der Waals surface area contributed by atoms with Gasteiger partial charge in [-0.25, -0.2) is 4.98 Å². The summed E-state index contributed by atoms with van der Waals surface area (Å²) in [5.41, 5.74) is 3.65. The van der Waals surface area contributed by atoms with Gasteiger partial charge in [-0.1, -0.05) is 30.3 Å². The monoisotopic (exact) mass is 351 g/mol. The van der Waals surface area contributed by atoms with Crippen molar-refractivity contribution in [1.82, 2.24) is 14.9 Å². The SMILES string of the molecule is Cc1ccccc1-c1ncc(CN2CCO[C@@H](c3cccnc3)C2)s1. The third-order valence-corrected chi connectivity index (χ3v) is 5.53. The zero-order chi connectivity index (χ0) is 17.1. The normalized spacial score (nSPS) is 18.4. The van der Waals surface area contributed by atoms with Crippen LogP contribution < -0.4 is 0 Å². The maximum Gasteiger partial charge on any atom is 0.123 e. The van der Waals surface area contributed by atoms with E-state index in [1.54, 1.807) is 17.5 Å². The fourth-order valence-corrected chi connectivity index (χ4v) is 4.20. The fourth-order valence-electron chi connectivity index (χ4n) is 3.15. The van der Waals surface area contributed by atoms with Crippen molar-refractivity contribution >= 4 is 11.3 Å². The lowest BCUT2D eigenvalue weighted by Gasteiger charge is -2.32. The zero-order valence-corrected chi connectivity index (χ0v) is 15.1. The van der Waals surface area contributed by atoms with Crippen molar-refractivity contribution < 1.29 is 4.74 Å². The molecule has 5 heteroatoms. The summed E-state index contributed by atoms with van der Waals surface area (Å²) in [6.07, 6.45) is 5.82. The summed E-state index contributed by atoms with van der Waals surface area (Å²) in [4.78, 5) is 12.6. The van der Waals surface area contributed by atoms with E-state index in [2.05, 4.69) is 52.1 Å². The third-order valence-electron chi connectivity index (χ3n) is 4.52. The Morgan fingerprint density at radius 1 is 1.20 bits per heavy atom. The Bertz CT molecular complexity index is 834. The van der Waals surface area contributed by atoms with Gasteiger partial charge in [-0.2, -0.15) is 0 Å². The van der Waals surface area contributed by atoms with Gasteiger partial charge in [0, 0.05) is 54.2 Å². The van der Waals surface area contributed by atoms with Crippen molar-refractivity contribution in [1.29, 1.82) is 0 Å². The highest BCUT2D eigenvalue weighted by Crippen LogP contribution is 2.29. The second-order valence-electron chi connectivity index (χ2n) is 6.33. The number of aromatic nitrogens is 2. The van der Waals surface area contributed by atoms with Crippen LogP contribution in [0.4, 0.5) is 0 Å². The number of ether oxygens (including phenoxy) is 1. The molecule has 1 fully saturated rings. The van der Waals surface area contributed by atoms with Gasteiger partial charge in [-0.3, -0.25) is 9.88 Å². The molecular weight excluding hydrogens is 330 g/mol. The minimum atomic E-state index is 0.103. The number of nitrogens with zero attached hydrogens (tertiary/aromatic N) is 3. The third kappa shape index (κ3) is 3.79. The van der Waals surface area contributed by atoms with Crippen LogP contribution in [0, 0.1) is 6.92 Å². The van der Waals surface area contributed by atoms with E-state index in [4.69, 9.17) is 4.74 Å². The summed E-state index contributed by atoms with van der Waals surface area (Å²) in [5, 5.41) is 1.10. The van der Waals surface area contributed by atoms with Crippen LogP contribution in [0.5, 0.6) is 0 Å². The van der Waals surface area contributed by atoms with Crippen molar-refractivity contribution in [2.24, 2.45) is 0 Å². The molecule has 4 nitrogen and oxygen atoms in total. The van der Waals surface area contributed by atoms with Crippen LogP contribution in [-0.4, -0.2) is 34.6 Å². The standard InChI is InChI=1S/C20H21N3OS/c1-15-5-2-3-7-18(15)20-22-12-17(25-20)13-23-9-10-24-19(14-23)16-6-4-8-21-11-16/h2-8,11-12,19H,9-10,13-14H2,1H3/t19-/m1/s1. The minimum absolute atomic E-state index is 0.103. The van der Waals surface area contributed by atoms with Gasteiger partial charge in [-0.05, 0) is 18.6 Å². The van der Waals surface area contributed by atoms with E-state index in [0.717, 1.165) is 36.8 Å². The fraction of sp³-hybridized carbons (Fsp3) is 0.300. The molecule has 1 atom stereocenters. The molecule has 0 amide bonds. The predicted molar refractivity (Wildman–Crippen MR) is 100 cm³/mol. The average Bonchev–Trinajstić information content (AvgIpc) is 3.11. The quantitative estimate of drug-likeness (QED) is 0.710. The van der Waals surface area contributed by atoms with Gasteiger partial charge in [-0.15, -0.1) is 11.3 Å². The molecule has 25 heavy (non-hydrogen) atoms. The van der Waals surface area contributed by atoms with Crippen molar-refractivity contribution in [3.05, 3.63) is 71.0 Å². The molecule has 0 spiro atoms. The summed E-state index contributed by atoms with van der Waals surface area (Å²) in [6, 6.07) is 12.5. The highest BCUT2D eigenvalue weighted by Gasteiger charge is 2.22. The number of benzene rings is 1. The Morgan fingerprint density at radius 2 is 2.12 bits per heavy atom. The van der Waals surface area contributed by atoms with E-state index < -0.39 is 0 Å². The van der Waals surface area contributed by atoms with E-state index in [1.807, 2.05) is 18.5 Å². The number of pyridine rings is 1. The Labute approximate surface area is 152 Å². The van der Waals surface area contributed by atoms with Crippen molar-refractivity contribution in [3.63, 3.8) is 0 Å². The van der Waals surface area contributed by atoms with Crippen LogP contribution in [0.15, 0.2) is 55.0 Å². The van der Waals surface area contributed by atoms with Gasteiger partial charge in [0.1, 0.15) is 5.01 Å². The van der Waals surface area contributed by atoms with Crippen LogP contribution >= 0.6 is 11.3 Å². The second-order valence-corrected chi connectivity index (χ2v) is 7.44. The molecule has 3 aromatic rings. The van der Waals surface area contributed by atoms with Gasteiger partial charge in [0.25, 0.3) is 0 Å². The maximum absolute atomic E-state index is 5.93. The molecule has 3 heterocycles. The number of aryl methyl sites for hydroxylation is 1. The predicted octanol–water partition coefficient (Wildman–Crippen LogP) is 4.09. The molecule has 0 saturated carbocycles. The highest BCUT2D eigenvalue weighted by molar-refractivity contribution is 7.15. The van der Waals surface area contributed by atoms with Crippen LogP contribution in [0.1, 0.15) is 22.1 Å². The van der Waals surface area contributed by atoms with Crippen molar-refractivity contribution in [2.75, 3.05) is 19.7 Å². The number of hydrogen-bond acceptors (Lipinski definition) is 5. The molecule has 128 valence electrons. The first-order chi connectivity index (χ1) is 12.3.